The lowest BCUT2D eigenvalue weighted by Gasteiger charge is -2.22. The van der Waals surface area contributed by atoms with Gasteiger partial charge >= 0.3 is 0 Å². The third kappa shape index (κ3) is 3.50. The topological polar surface area (TPSA) is 69.0 Å². The normalized spacial score (nSPS) is 27.9. The van der Waals surface area contributed by atoms with Gasteiger partial charge in [0.15, 0.2) is 0 Å². The number of hydrogen-bond donors (Lipinski definition) is 1. The molecule has 0 spiro atoms. The summed E-state index contributed by atoms with van der Waals surface area (Å²) in [6.07, 6.45) is 3.35. The Kier molecular flexibility index (Phi) is 6.32. The molecule has 1 aliphatic rings. The Morgan fingerprint density at radius 2 is 1.92 bits per heavy atom. The highest BCUT2D eigenvalue weighted by molar-refractivity contribution is 4.80. The number of aliphatic hydroxyl groups excluding tert-OH is 1. The van der Waals surface area contributed by atoms with E-state index in [2.05, 4.69) is 10.0 Å². The summed E-state index contributed by atoms with van der Waals surface area (Å²) in [6, 6.07) is -0.168. The molecule has 0 heterocycles. The minimum absolute atomic E-state index is 0.168. The fourth-order valence-corrected chi connectivity index (χ4v) is 1.29. The fraction of sp³-hybridized carbons (Fsp3) is 1.00. The van der Waals surface area contributed by atoms with Gasteiger partial charge in [-0.05, 0) is 18.4 Å². The summed E-state index contributed by atoms with van der Waals surface area (Å²) in [7, 11) is 0. The van der Waals surface area contributed by atoms with E-state index in [0.29, 0.717) is 0 Å². The fourth-order valence-electron chi connectivity index (χ4n) is 1.29. The van der Waals surface area contributed by atoms with E-state index in [-0.39, 0.29) is 6.04 Å². The van der Waals surface area contributed by atoms with Gasteiger partial charge in [-0.15, -0.1) is 0 Å². The van der Waals surface area contributed by atoms with E-state index >= 15 is 0 Å². The third-order valence-electron chi connectivity index (χ3n) is 1.89. The second-order valence-corrected chi connectivity index (χ2v) is 2.62. The molecule has 0 aromatic heterocycles. The van der Waals surface area contributed by atoms with Crippen molar-refractivity contribution in [3.63, 3.8) is 0 Å². The van der Waals surface area contributed by atoms with Gasteiger partial charge in [-0.3, -0.25) is 0 Å². The van der Waals surface area contributed by atoms with Crippen LogP contribution in [0, 0.1) is 0 Å². The SMILES string of the molecule is FF.[N-]=[N+]=N[C@H]1CCCC[C@H]1O. The molecular weight excluding hydrogens is 168 g/mol. The minimum Gasteiger partial charge on any atom is -0.393 e. The number of azide groups is 1. The lowest BCUT2D eigenvalue weighted by Crippen LogP contribution is -2.27. The van der Waals surface area contributed by atoms with Crippen LogP contribution in [0.3, 0.4) is 0 Å². The molecule has 0 aromatic carbocycles. The Hall–Kier alpha value is -0.870. The summed E-state index contributed by atoms with van der Waals surface area (Å²) in [5.74, 6) is 0. The molecule has 0 unspecified atom stereocenters. The second-order valence-electron chi connectivity index (χ2n) is 2.62. The van der Waals surface area contributed by atoms with Crippen molar-refractivity contribution in [1.82, 2.24) is 0 Å². The first-order chi connectivity index (χ1) is 5.84. The minimum atomic E-state index is -0.398. The molecule has 1 rings (SSSR count). The summed E-state index contributed by atoms with van der Waals surface area (Å²) >= 11 is 0. The maximum absolute atomic E-state index is 9.24. The average Bonchev–Trinajstić information content (AvgIpc) is 2.13. The smallest absolute Gasteiger partial charge is 0.0633 e. The molecule has 70 valence electrons. The van der Waals surface area contributed by atoms with Crippen LogP contribution in [0.5, 0.6) is 0 Å². The monoisotopic (exact) mass is 179 g/mol. The standard InChI is InChI=1S/C6H11N3O.F2/c7-9-8-5-3-1-2-4-6(5)10;1-2/h5-6,10H,1-4H2;/t5-,6+;/m0./s1. The van der Waals surface area contributed by atoms with Gasteiger partial charge in [-0.1, -0.05) is 18.0 Å². The lowest BCUT2D eigenvalue weighted by molar-refractivity contribution is 0.108. The average molecular weight is 179 g/mol. The van der Waals surface area contributed by atoms with Crippen molar-refractivity contribution in [1.29, 1.82) is 0 Å². The first-order valence-corrected chi connectivity index (χ1v) is 3.71. The Labute approximate surface area is 68.7 Å². The van der Waals surface area contributed by atoms with Crippen LogP contribution in [-0.4, -0.2) is 17.3 Å². The summed E-state index contributed by atoms with van der Waals surface area (Å²) in [4.78, 5) is 2.67. The van der Waals surface area contributed by atoms with Gasteiger partial charge in [0, 0.05) is 14.1 Å². The number of nitrogens with zero attached hydrogens (tertiary/aromatic N) is 3. The third-order valence-corrected chi connectivity index (χ3v) is 1.89. The van der Waals surface area contributed by atoms with E-state index in [4.69, 9.17) is 14.7 Å². The van der Waals surface area contributed by atoms with E-state index in [9.17, 15) is 5.11 Å². The highest BCUT2D eigenvalue weighted by Crippen LogP contribution is 2.20. The first kappa shape index (κ1) is 11.1. The van der Waals surface area contributed by atoms with Gasteiger partial charge in [0.25, 0.3) is 0 Å². The van der Waals surface area contributed by atoms with Crippen LogP contribution in [0.25, 0.3) is 10.4 Å². The van der Waals surface area contributed by atoms with Crippen LogP contribution in [0.1, 0.15) is 25.7 Å². The zero-order valence-electron chi connectivity index (χ0n) is 6.53. The Morgan fingerprint density at radius 3 is 2.42 bits per heavy atom. The van der Waals surface area contributed by atoms with Crippen molar-refractivity contribution < 1.29 is 14.3 Å². The van der Waals surface area contributed by atoms with Crippen molar-refractivity contribution in [3.8, 4) is 0 Å². The maximum atomic E-state index is 9.24. The second kappa shape index (κ2) is 6.82. The molecule has 0 saturated heterocycles. The Morgan fingerprint density at radius 1 is 1.33 bits per heavy atom. The summed E-state index contributed by atoms with van der Waals surface area (Å²) in [6.45, 7) is 0. The van der Waals surface area contributed by atoms with E-state index < -0.39 is 6.10 Å². The van der Waals surface area contributed by atoms with Gasteiger partial charge in [0.1, 0.15) is 0 Å². The molecule has 0 aromatic rings. The molecule has 0 radical (unpaired) electrons. The van der Waals surface area contributed by atoms with Crippen molar-refractivity contribution in [2.24, 2.45) is 5.11 Å². The van der Waals surface area contributed by atoms with Crippen molar-refractivity contribution >= 4 is 0 Å². The van der Waals surface area contributed by atoms with Crippen molar-refractivity contribution in [2.45, 2.75) is 37.8 Å². The number of rotatable bonds is 1. The summed E-state index contributed by atoms with van der Waals surface area (Å²) in [5, 5.41) is 12.7. The van der Waals surface area contributed by atoms with E-state index in [1.807, 2.05) is 0 Å². The van der Waals surface area contributed by atoms with E-state index in [1.165, 1.54) is 0 Å². The Balaban J connectivity index is 0.000000561. The van der Waals surface area contributed by atoms with Crippen LogP contribution in [0.15, 0.2) is 5.11 Å². The van der Waals surface area contributed by atoms with Gasteiger partial charge < -0.3 is 5.11 Å². The molecule has 1 fully saturated rings. The van der Waals surface area contributed by atoms with Crippen LogP contribution < -0.4 is 0 Å². The van der Waals surface area contributed by atoms with Crippen LogP contribution in [-0.2, 0) is 0 Å². The Bertz CT molecular complexity index is 161. The van der Waals surface area contributed by atoms with Gasteiger partial charge in [-0.2, -0.15) is 0 Å². The summed E-state index contributed by atoms with van der Waals surface area (Å²) < 4.78 is 16.0. The number of aliphatic hydroxyl groups is 1. The molecule has 1 aliphatic carbocycles. The van der Waals surface area contributed by atoms with Crippen LogP contribution in [0.2, 0.25) is 0 Å². The molecule has 6 heteroatoms. The molecule has 1 saturated carbocycles. The van der Waals surface area contributed by atoms with Gasteiger partial charge in [0.05, 0.1) is 12.1 Å². The highest BCUT2D eigenvalue weighted by atomic mass is 20.0. The maximum Gasteiger partial charge on any atom is 0.0633 e. The van der Waals surface area contributed by atoms with Gasteiger partial charge in [-0.25, -0.2) is 0 Å². The zero-order valence-corrected chi connectivity index (χ0v) is 6.53. The lowest BCUT2D eigenvalue weighted by atomic mass is 9.93. The largest absolute Gasteiger partial charge is 0.393 e. The molecule has 1 N–H and O–H groups in total. The molecule has 2 atom stereocenters. The molecular formula is C6H11F2N3O. The van der Waals surface area contributed by atoms with E-state index in [1.54, 1.807) is 0 Å². The number of halogens is 2. The molecule has 0 aliphatic heterocycles. The van der Waals surface area contributed by atoms with Crippen molar-refractivity contribution in [2.75, 3.05) is 0 Å². The first-order valence-electron chi connectivity index (χ1n) is 3.71. The van der Waals surface area contributed by atoms with E-state index in [0.717, 1.165) is 25.7 Å². The van der Waals surface area contributed by atoms with Crippen LogP contribution >= 0.6 is 0 Å². The zero-order chi connectivity index (χ0) is 9.40. The number of hydrogen-bond acceptors (Lipinski definition) is 2. The molecule has 0 amide bonds. The van der Waals surface area contributed by atoms with Crippen LogP contribution in [0.4, 0.5) is 9.15 Å². The summed E-state index contributed by atoms with van der Waals surface area (Å²) in [5.41, 5.74) is 8.08. The van der Waals surface area contributed by atoms with Gasteiger partial charge in [0.2, 0.25) is 0 Å². The predicted octanol–water partition coefficient (Wildman–Crippen LogP) is 2.44. The predicted molar refractivity (Wildman–Crippen MR) is 39.6 cm³/mol. The highest BCUT2D eigenvalue weighted by Gasteiger charge is 2.20. The molecule has 0 bridgehead atoms. The quantitative estimate of drug-likeness (QED) is 0.375. The molecule has 12 heavy (non-hydrogen) atoms. The molecule has 4 nitrogen and oxygen atoms in total. The van der Waals surface area contributed by atoms with Crippen molar-refractivity contribution in [3.05, 3.63) is 10.4 Å².